The molecule has 78 valence electrons. The van der Waals surface area contributed by atoms with Crippen molar-refractivity contribution in [3.05, 3.63) is 54.0 Å². The van der Waals surface area contributed by atoms with Gasteiger partial charge in [-0.25, -0.2) is 0 Å². The highest BCUT2D eigenvalue weighted by Crippen LogP contribution is 2.17. The van der Waals surface area contributed by atoms with E-state index in [2.05, 4.69) is 0 Å². The third-order valence-corrected chi connectivity index (χ3v) is 3.71. The lowest BCUT2D eigenvalue weighted by Crippen LogP contribution is -1.96. The normalized spacial score (nSPS) is 12.6. The molecule has 0 aliphatic heterocycles. The summed E-state index contributed by atoms with van der Waals surface area (Å²) in [6.45, 7) is 1.83. The van der Waals surface area contributed by atoms with Gasteiger partial charge in [-0.1, -0.05) is 30.3 Å². The van der Waals surface area contributed by atoms with Crippen LogP contribution in [0.5, 0.6) is 0 Å². The van der Waals surface area contributed by atoms with Crippen LogP contribution < -0.4 is 0 Å². The van der Waals surface area contributed by atoms with E-state index < -0.39 is 10.8 Å². The van der Waals surface area contributed by atoms with Crippen molar-refractivity contribution in [3.8, 4) is 0 Å². The number of benzene rings is 1. The lowest BCUT2D eigenvalue weighted by atomic mass is 10.2. The van der Waals surface area contributed by atoms with Crippen LogP contribution >= 0.6 is 0 Å². The molecule has 0 amide bonds. The largest absolute Gasteiger partial charge is 0.468 e. The number of furan rings is 1. The predicted octanol–water partition coefficient (Wildman–Crippen LogP) is 2.90. The van der Waals surface area contributed by atoms with E-state index in [4.69, 9.17) is 4.42 Å². The van der Waals surface area contributed by atoms with Gasteiger partial charge in [0.2, 0.25) is 0 Å². The van der Waals surface area contributed by atoms with Gasteiger partial charge in [-0.15, -0.1) is 0 Å². The summed E-state index contributed by atoms with van der Waals surface area (Å²) in [4.78, 5) is 0.791. The molecule has 0 aliphatic carbocycles. The van der Waals surface area contributed by atoms with Crippen LogP contribution in [0.15, 0.2) is 52.0 Å². The lowest BCUT2D eigenvalue weighted by Gasteiger charge is -2.00. The Bertz CT molecular complexity index is 459. The summed E-state index contributed by atoms with van der Waals surface area (Å²) >= 11 is 0. The smallest absolute Gasteiger partial charge is 0.116 e. The van der Waals surface area contributed by atoms with Crippen molar-refractivity contribution >= 4 is 10.8 Å². The van der Waals surface area contributed by atoms with Gasteiger partial charge in [0.1, 0.15) is 5.76 Å². The van der Waals surface area contributed by atoms with Gasteiger partial charge in [-0.05, 0) is 18.6 Å². The summed E-state index contributed by atoms with van der Waals surface area (Å²) in [5.41, 5.74) is 1.08. The van der Waals surface area contributed by atoms with E-state index in [-0.39, 0.29) is 0 Å². The van der Waals surface area contributed by atoms with Gasteiger partial charge in [0.05, 0.1) is 27.7 Å². The highest BCUT2D eigenvalue weighted by molar-refractivity contribution is 7.84. The fourth-order valence-electron chi connectivity index (χ4n) is 1.41. The highest BCUT2D eigenvalue weighted by Gasteiger charge is 2.09. The molecule has 1 heterocycles. The van der Waals surface area contributed by atoms with Crippen molar-refractivity contribution in [2.75, 3.05) is 0 Å². The number of hydrogen-bond acceptors (Lipinski definition) is 2. The molecule has 1 atom stereocenters. The van der Waals surface area contributed by atoms with E-state index in [0.29, 0.717) is 5.75 Å². The van der Waals surface area contributed by atoms with Crippen molar-refractivity contribution in [2.24, 2.45) is 0 Å². The molecule has 0 bridgehead atoms. The Morgan fingerprint density at radius 2 is 1.93 bits per heavy atom. The second-order valence-electron chi connectivity index (χ2n) is 3.32. The minimum Gasteiger partial charge on any atom is -0.468 e. The molecular weight excluding hydrogens is 208 g/mol. The number of aryl methyl sites for hydroxylation is 1. The third-order valence-electron chi connectivity index (χ3n) is 2.20. The molecule has 0 fully saturated rings. The number of rotatable bonds is 3. The van der Waals surface area contributed by atoms with Crippen LogP contribution in [0, 0.1) is 6.92 Å². The Kier molecular flexibility index (Phi) is 3.02. The average Bonchev–Trinajstić information content (AvgIpc) is 2.66. The fraction of sp³-hybridized carbons (Fsp3) is 0.167. The van der Waals surface area contributed by atoms with E-state index in [1.165, 1.54) is 0 Å². The van der Waals surface area contributed by atoms with Crippen molar-refractivity contribution < 1.29 is 8.63 Å². The highest BCUT2D eigenvalue weighted by atomic mass is 32.2. The van der Waals surface area contributed by atoms with Crippen molar-refractivity contribution in [1.82, 2.24) is 0 Å². The zero-order chi connectivity index (χ0) is 10.7. The van der Waals surface area contributed by atoms with E-state index in [1.54, 1.807) is 12.3 Å². The predicted molar refractivity (Wildman–Crippen MR) is 60.0 cm³/mol. The Hall–Kier alpha value is -1.35. The van der Waals surface area contributed by atoms with Crippen molar-refractivity contribution in [1.29, 1.82) is 0 Å². The minimum absolute atomic E-state index is 0.543. The molecule has 0 aliphatic rings. The zero-order valence-corrected chi connectivity index (χ0v) is 9.29. The number of hydrogen-bond donors (Lipinski definition) is 0. The summed E-state index contributed by atoms with van der Waals surface area (Å²) in [6.07, 6.45) is 1.58. The molecule has 3 heteroatoms. The molecule has 0 N–H and O–H groups in total. The van der Waals surface area contributed by atoms with Crippen molar-refractivity contribution in [2.45, 2.75) is 17.6 Å². The van der Waals surface area contributed by atoms with E-state index in [0.717, 1.165) is 16.2 Å². The van der Waals surface area contributed by atoms with Crippen LogP contribution in [-0.2, 0) is 16.6 Å². The molecule has 2 rings (SSSR count). The topological polar surface area (TPSA) is 30.2 Å². The minimum atomic E-state index is -1.01. The van der Waals surface area contributed by atoms with Crippen LogP contribution in [0.4, 0.5) is 0 Å². The maximum Gasteiger partial charge on any atom is 0.116 e. The summed E-state index contributed by atoms with van der Waals surface area (Å²) in [7, 11) is -1.01. The molecule has 1 aromatic carbocycles. The Morgan fingerprint density at radius 3 is 2.53 bits per heavy atom. The SMILES string of the molecule is Cc1occc1S(=O)Cc1ccccc1. The second kappa shape index (κ2) is 4.45. The van der Waals surface area contributed by atoms with Crippen LogP contribution in [0.1, 0.15) is 11.3 Å². The summed E-state index contributed by atoms with van der Waals surface area (Å²) < 4.78 is 17.1. The monoisotopic (exact) mass is 220 g/mol. The first-order valence-corrected chi connectivity index (χ1v) is 6.05. The summed E-state index contributed by atoms with van der Waals surface area (Å²) in [6, 6.07) is 11.6. The summed E-state index contributed by atoms with van der Waals surface area (Å²) in [5.74, 6) is 1.28. The first-order valence-electron chi connectivity index (χ1n) is 4.74. The molecule has 1 unspecified atom stereocenters. The summed E-state index contributed by atoms with van der Waals surface area (Å²) in [5, 5.41) is 0. The third kappa shape index (κ3) is 2.36. The fourth-order valence-corrected chi connectivity index (χ4v) is 2.64. The van der Waals surface area contributed by atoms with E-state index in [9.17, 15) is 4.21 Å². The van der Waals surface area contributed by atoms with Gasteiger partial charge in [0, 0.05) is 0 Å². The van der Waals surface area contributed by atoms with Crippen molar-refractivity contribution in [3.63, 3.8) is 0 Å². The standard InChI is InChI=1S/C12H12O2S/c1-10-12(7-8-14-10)15(13)9-11-5-3-2-4-6-11/h2-8H,9H2,1H3. The molecule has 2 aromatic rings. The Labute approximate surface area is 91.4 Å². The average molecular weight is 220 g/mol. The van der Waals surface area contributed by atoms with Gasteiger partial charge in [0.15, 0.2) is 0 Å². The van der Waals surface area contributed by atoms with Crippen LogP contribution in [0.25, 0.3) is 0 Å². The molecule has 0 saturated carbocycles. The zero-order valence-electron chi connectivity index (χ0n) is 8.47. The van der Waals surface area contributed by atoms with Gasteiger partial charge in [0.25, 0.3) is 0 Å². The van der Waals surface area contributed by atoms with Gasteiger partial charge in [-0.2, -0.15) is 0 Å². The molecule has 15 heavy (non-hydrogen) atoms. The first kappa shape index (κ1) is 10.2. The van der Waals surface area contributed by atoms with Crippen LogP contribution in [-0.4, -0.2) is 4.21 Å². The lowest BCUT2D eigenvalue weighted by molar-refractivity contribution is 0.526. The Morgan fingerprint density at radius 1 is 1.20 bits per heavy atom. The van der Waals surface area contributed by atoms with Crippen LogP contribution in [0.3, 0.4) is 0 Å². The van der Waals surface area contributed by atoms with Gasteiger partial charge in [-0.3, -0.25) is 4.21 Å². The first-order chi connectivity index (χ1) is 7.27. The van der Waals surface area contributed by atoms with Crippen LogP contribution in [0.2, 0.25) is 0 Å². The molecule has 1 aromatic heterocycles. The molecule has 0 spiro atoms. The molecular formula is C12H12O2S. The van der Waals surface area contributed by atoms with E-state index in [1.807, 2.05) is 37.3 Å². The Balaban J connectivity index is 2.15. The maximum atomic E-state index is 11.9. The maximum absolute atomic E-state index is 11.9. The molecule has 2 nitrogen and oxygen atoms in total. The van der Waals surface area contributed by atoms with E-state index >= 15 is 0 Å². The quantitative estimate of drug-likeness (QED) is 0.796. The molecule has 0 radical (unpaired) electrons. The van der Waals surface area contributed by atoms with Gasteiger partial charge >= 0.3 is 0 Å². The molecule has 0 saturated heterocycles. The van der Waals surface area contributed by atoms with Gasteiger partial charge < -0.3 is 4.42 Å². The second-order valence-corrected chi connectivity index (χ2v) is 4.74.